The molecule has 3 aromatic rings. The summed E-state index contributed by atoms with van der Waals surface area (Å²) in [4.78, 5) is 18.5. The van der Waals surface area contributed by atoms with Crippen LogP contribution in [0.3, 0.4) is 0 Å². The van der Waals surface area contributed by atoms with Crippen LogP contribution in [0.5, 0.6) is 0 Å². The summed E-state index contributed by atoms with van der Waals surface area (Å²) < 4.78 is 0. The van der Waals surface area contributed by atoms with Gasteiger partial charge in [0, 0.05) is 37.2 Å². The second-order valence-corrected chi connectivity index (χ2v) is 9.90. The van der Waals surface area contributed by atoms with Crippen LogP contribution in [0, 0.1) is 5.92 Å². The number of aromatic nitrogens is 3. The van der Waals surface area contributed by atoms with Gasteiger partial charge in [-0.25, -0.2) is 15.0 Å². The van der Waals surface area contributed by atoms with E-state index in [2.05, 4.69) is 62.3 Å². The van der Waals surface area contributed by atoms with Gasteiger partial charge in [-0.3, -0.25) is 0 Å². The Morgan fingerprint density at radius 3 is 2.69 bits per heavy atom. The number of nitrogens with one attached hydrogen (secondary N) is 1. The average molecular weight is 488 g/mol. The van der Waals surface area contributed by atoms with E-state index in [1.54, 1.807) is 6.20 Å². The fourth-order valence-corrected chi connectivity index (χ4v) is 4.82. The molecular weight excluding hydrogens is 446 g/mol. The Morgan fingerprint density at radius 2 is 1.94 bits per heavy atom. The van der Waals surface area contributed by atoms with Gasteiger partial charge in [0.1, 0.15) is 5.82 Å². The number of nitrogens with two attached hydrogens (primary N) is 1. The number of benzene rings is 1. The van der Waals surface area contributed by atoms with Crippen molar-refractivity contribution in [3.63, 3.8) is 0 Å². The Hall–Kier alpha value is -3.03. The molecule has 192 valence electrons. The predicted molar refractivity (Wildman–Crippen MR) is 150 cm³/mol. The van der Waals surface area contributed by atoms with Crippen LogP contribution in [-0.4, -0.2) is 59.6 Å². The van der Waals surface area contributed by atoms with E-state index in [0.29, 0.717) is 12.5 Å². The minimum absolute atomic E-state index is 0.595. The minimum atomic E-state index is 0.595. The van der Waals surface area contributed by atoms with Crippen molar-refractivity contribution in [3.8, 4) is 11.3 Å². The van der Waals surface area contributed by atoms with Crippen molar-refractivity contribution in [2.75, 3.05) is 50.0 Å². The molecule has 1 saturated heterocycles. The summed E-state index contributed by atoms with van der Waals surface area (Å²) in [5, 5.41) is 3.40. The number of anilines is 3. The third-order valence-corrected chi connectivity index (χ3v) is 7.03. The summed E-state index contributed by atoms with van der Waals surface area (Å²) in [6, 6.07) is 14.7. The standard InChI is InChI=1S/C29H41N7/c1-3-4-17-36-18-12-23(13-19-36)20-24-7-5-8-26(21-24)33-29-31-15-11-27(34-29)25-9-10-28(32-22-25)35(2)16-6-14-30/h5,7-11,15,21-23H,3-4,6,12-14,16-20,30H2,1-2H3,(H,31,33,34). The predicted octanol–water partition coefficient (Wildman–Crippen LogP) is 5.12. The molecule has 0 spiro atoms. The van der Waals surface area contributed by atoms with Gasteiger partial charge >= 0.3 is 0 Å². The van der Waals surface area contributed by atoms with E-state index in [1.807, 2.05) is 25.4 Å². The van der Waals surface area contributed by atoms with Gasteiger partial charge in [0.25, 0.3) is 0 Å². The summed E-state index contributed by atoms with van der Waals surface area (Å²) in [6.07, 6.45) is 10.9. The fourth-order valence-electron chi connectivity index (χ4n) is 4.82. The Bertz CT molecular complexity index is 1060. The van der Waals surface area contributed by atoms with Crippen LogP contribution in [0.15, 0.2) is 54.9 Å². The smallest absolute Gasteiger partial charge is 0.227 e. The first-order valence-electron chi connectivity index (χ1n) is 13.4. The van der Waals surface area contributed by atoms with Crippen LogP contribution in [0.4, 0.5) is 17.5 Å². The summed E-state index contributed by atoms with van der Waals surface area (Å²) in [7, 11) is 2.04. The highest BCUT2D eigenvalue weighted by molar-refractivity contribution is 5.62. The molecule has 1 aromatic carbocycles. The molecule has 0 atom stereocenters. The SMILES string of the molecule is CCCCN1CCC(Cc2cccc(Nc3nccc(-c4ccc(N(C)CCCN)nc4)n3)c2)CC1. The molecule has 0 aliphatic carbocycles. The van der Waals surface area contributed by atoms with Crippen molar-refractivity contribution in [2.24, 2.45) is 11.7 Å². The highest BCUT2D eigenvalue weighted by atomic mass is 15.2. The molecule has 7 nitrogen and oxygen atoms in total. The third kappa shape index (κ3) is 7.48. The van der Waals surface area contributed by atoms with Crippen molar-refractivity contribution in [1.29, 1.82) is 0 Å². The molecule has 2 aromatic heterocycles. The van der Waals surface area contributed by atoms with Gasteiger partial charge in [0.2, 0.25) is 5.95 Å². The quantitative estimate of drug-likeness (QED) is 0.367. The van der Waals surface area contributed by atoms with Crippen molar-refractivity contribution in [2.45, 2.75) is 45.4 Å². The summed E-state index contributed by atoms with van der Waals surface area (Å²) in [6.45, 7) is 7.58. The lowest BCUT2D eigenvalue weighted by atomic mass is 9.90. The molecule has 0 saturated carbocycles. The molecule has 1 aliphatic heterocycles. The highest BCUT2D eigenvalue weighted by Gasteiger charge is 2.19. The molecule has 3 N–H and O–H groups in total. The Balaban J connectivity index is 1.35. The number of hydrogen-bond donors (Lipinski definition) is 2. The largest absolute Gasteiger partial charge is 0.360 e. The van der Waals surface area contributed by atoms with E-state index in [9.17, 15) is 0 Å². The molecule has 7 heteroatoms. The number of unbranched alkanes of at least 4 members (excludes halogenated alkanes) is 1. The summed E-state index contributed by atoms with van der Waals surface area (Å²) in [5.41, 5.74) is 9.85. The van der Waals surface area contributed by atoms with Crippen molar-refractivity contribution in [3.05, 3.63) is 60.4 Å². The lowest BCUT2D eigenvalue weighted by Crippen LogP contribution is -2.34. The van der Waals surface area contributed by atoms with Gasteiger partial charge in [-0.15, -0.1) is 0 Å². The van der Waals surface area contributed by atoms with Crippen molar-refractivity contribution < 1.29 is 0 Å². The van der Waals surface area contributed by atoms with Gasteiger partial charge in [-0.2, -0.15) is 0 Å². The maximum atomic E-state index is 5.62. The zero-order chi connectivity index (χ0) is 25.2. The third-order valence-electron chi connectivity index (χ3n) is 7.03. The molecule has 0 bridgehead atoms. The van der Waals surface area contributed by atoms with Crippen LogP contribution < -0.4 is 16.0 Å². The number of pyridine rings is 1. The van der Waals surface area contributed by atoms with E-state index >= 15 is 0 Å². The van der Waals surface area contributed by atoms with E-state index in [-0.39, 0.29) is 0 Å². The van der Waals surface area contributed by atoms with Crippen LogP contribution >= 0.6 is 0 Å². The monoisotopic (exact) mass is 487 g/mol. The van der Waals surface area contributed by atoms with Gasteiger partial charge in [-0.05, 0) is 100 Å². The Labute approximate surface area is 216 Å². The number of rotatable bonds is 12. The first-order chi connectivity index (χ1) is 17.6. The van der Waals surface area contributed by atoms with Crippen molar-refractivity contribution in [1.82, 2.24) is 19.9 Å². The molecular formula is C29H41N7. The molecule has 1 fully saturated rings. The van der Waals surface area contributed by atoms with Crippen LogP contribution in [0.1, 0.15) is 44.6 Å². The van der Waals surface area contributed by atoms with Gasteiger partial charge in [-0.1, -0.05) is 25.5 Å². The Morgan fingerprint density at radius 1 is 1.08 bits per heavy atom. The molecule has 36 heavy (non-hydrogen) atoms. The zero-order valence-electron chi connectivity index (χ0n) is 21.9. The van der Waals surface area contributed by atoms with Crippen LogP contribution in [-0.2, 0) is 6.42 Å². The van der Waals surface area contributed by atoms with Gasteiger partial charge < -0.3 is 20.9 Å². The number of nitrogens with zero attached hydrogens (tertiary/aromatic N) is 5. The second kappa shape index (κ2) is 13.3. The van der Waals surface area contributed by atoms with Crippen LogP contribution in [0.25, 0.3) is 11.3 Å². The maximum Gasteiger partial charge on any atom is 0.227 e. The molecule has 1 aliphatic rings. The first-order valence-corrected chi connectivity index (χ1v) is 13.4. The molecule has 3 heterocycles. The number of likely N-dealkylation sites (tertiary alicyclic amines) is 1. The first kappa shape index (κ1) is 26.0. The highest BCUT2D eigenvalue weighted by Crippen LogP contribution is 2.25. The van der Waals surface area contributed by atoms with Gasteiger partial charge in [0.15, 0.2) is 0 Å². The van der Waals surface area contributed by atoms with Gasteiger partial charge in [0.05, 0.1) is 5.69 Å². The zero-order valence-corrected chi connectivity index (χ0v) is 21.9. The lowest BCUT2D eigenvalue weighted by Gasteiger charge is -2.32. The van der Waals surface area contributed by atoms with E-state index in [0.717, 1.165) is 48.1 Å². The van der Waals surface area contributed by atoms with Crippen molar-refractivity contribution >= 4 is 17.5 Å². The number of hydrogen-bond acceptors (Lipinski definition) is 7. The fraction of sp³-hybridized carbons (Fsp3) is 0.483. The van der Waals surface area contributed by atoms with E-state index in [4.69, 9.17) is 10.7 Å². The Kier molecular flexibility index (Phi) is 9.64. The molecule has 4 rings (SSSR count). The second-order valence-electron chi connectivity index (χ2n) is 9.90. The summed E-state index contributed by atoms with van der Waals surface area (Å²) in [5.74, 6) is 2.30. The van der Waals surface area contributed by atoms with Crippen LogP contribution in [0.2, 0.25) is 0 Å². The minimum Gasteiger partial charge on any atom is -0.360 e. The molecule has 0 amide bonds. The molecule has 0 radical (unpaired) electrons. The normalized spacial score (nSPS) is 14.6. The maximum absolute atomic E-state index is 5.62. The average Bonchev–Trinajstić information content (AvgIpc) is 2.92. The van der Waals surface area contributed by atoms with E-state index in [1.165, 1.54) is 50.9 Å². The summed E-state index contributed by atoms with van der Waals surface area (Å²) >= 11 is 0. The molecule has 0 unspecified atom stereocenters. The van der Waals surface area contributed by atoms with E-state index < -0.39 is 0 Å². The topological polar surface area (TPSA) is 83.2 Å². The lowest BCUT2D eigenvalue weighted by molar-refractivity contribution is 0.182. The number of piperidine rings is 1.